The summed E-state index contributed by atoms with van der Waals surface area (Å²) in [6, 6.07) is 6.42. The van der Waals surface area contributed by atoms with Crippen molar-refractivity contribution in [3.8, 4) is 17.0 Å². The zero-order valence-corrected chi connectivity index (χ0v) is 15.3. The van der Waals surface area contributed by atoms with E-state index in [0.29, 0.717) is 11.6 Å². The first kappa shape index (κ1) is 19.0. The molecule has 0 amide bonds. The van der Waals surface area contributed by atoms with Crippen molar-refractivity contribution >= 4 is 11.6 Å². The van der Waals surface area contributed by atoms with Gasteiger partial charge in [-0.05, 0) is 61.3 Å². The predicted octanol–water partition coefficient (Wildman–Crippen LogP) is 6.83. The van der Waals surface area contributed by atoms with Crippen LogP contribution < -0.4 is 4.74 Å². The summed E-state index contributed by atoms with van der Waals surface area (Å²) in [5.41, 5.74) is 1.67. The summed E-state index contributed by atoms with van der Waals surface area (Å²) in [7, 11) is 0. The van der Waals surface area contributed by atoms with Gasteiger partial charge in [-0.3, -0.25) is 4.98 Å². The van der Waals surface area contributed by atoms with E-state index in [9.17, 15) is 13.2 Å². The molecule has 1 aromatic heterocycles. The van der Waals surface area contributed by atoms with E-state index in [2.05, 4.69) is 16.6 Å². The van der Waals surface area contributed by atoms with Crippen molar-refractivity contribution in [1.29, 1.82) is 0 Å². The van der Waals surface area contributed by atoms with Crippen LogP contribution in [-0.4, -0.2) is 11.6 Å². The van der Waals surface area contributed by atoms with Crippen molar-refractivity contribution in [3.05, 3.63) is 46.9 Å². The van der Waals surface area contributed by atoms with Crippen molar-refractivity contribution in [2.75, 3.05) is 0 Å². The minimum atomic E-state index is -3.14. The van der Waals surface area contributed by atoms with Crippen LogP contribution in [0.4, 0.5) is 13.2 Å². The molecule has 0 saturated heterocycles. The lowest BCUT2D eigenvalue weighted by Gasteiger charge is -2.27. The molecule has 1 fully saturated rings. The summed E-state index contributed by atoms with van der Waals surface area (Å²) in [5.74, 6) is -0.299. The summed E-state index contributed by atoms with van der Waals surface area (Å²) < 4.78 is 43.8. The molecule has 0 atom stereocenters. The Morgan fingerprint density at radius 1 is 1.15 bits per heavy atom. The number of hydrogen-bond donors (Lipinski definition) is 0. The maximum Gasteiger partial charge on any atom is 0.387 e. The summed E-state index contributed by atoms with van der Waals surface area (Å²) in [5, 5.41) is -0.270. The first-order valence-electron chi connectivity index (χ1n) is 8.88. The van der Waals surface area contributed by atoms with Crippen LogP contribution in [0.15, 0.2) is 30.5 Å². The first-order valence-corrected chi connectivity index (χ1v) is 9.26. The highest BCUT2D eigenvalue weighted by molar-refractivity contribution is 6.31. The third kappa shape index (κ3) is 4.14. The Balaban J connectivity index is 1.84. The Morgan fingerprint density at radius 2 is 1.88 bits per heavy atom. The van der Waals surface area contributed by atoms with Gasteiger partial charge in [0.15, 0.2) is 11.6 Å². The van der Waals surface area contributed by atoms with Crippen LogP contribution >= 0.6 is 11.6 Å². The number of hydrogen-bond acceptors (Lipinski definition) is 2. The summed E-state index contributed by atoms with van der Waals surface area (Å²) in [4.78, 5) is 4.37. The fourth-order valence-corrected chi connectivity index (χ4v) is 3.80. The number of pyridine rings is 1. The second-order valence-electron chi connectivity index (χ2n) is 6.72. The Morgan fingerprint density at radius 3 is 2.46 bits per heavy atom. The fraction of sp³-hybridized carbons (Fsp3) is 0.450. The SMILES string of the molecule is CCC1CCC(c2ccc(-c3ccc(Cl)c(F)c3OC(F)F)nc2)CC1. The van der Waals surface area contributed by atoms with E-state index in [1.54, 1.807) is 12.3 Å². The van der Waals surface area contributed by atoms with Crippen LogP contribution in [0.2, 0.25) is 5.02 Å². The molecule has 0 aliphatic heterocycles. The lowest BCUT2D eigenvalue weighted by Crippen LogP contribution is -2.12. The molecule has 26 heavy (non-hydrogen) atoms. The van der Waals surface area contributed by atoms with Gasteiger partial charge in [0.05, 0.1) is 10.7 Å². The number of aromatic nitrogens is 1. The maximum atomic E-state index is 14.1. The van der Waals surface area contributed by atoms with Gasteiger partial charge in [0, 0.05) is 11.8 Å². The molecular weight excluding hydrogens is 363 g/mol. The third-order valence-electron chi connectivity index (χ3n) is 5.21. The molecule has 0 bridgehead atoms. The predicted molar refractivity (Wildman–Crippen MR) is 96.3 cm³/mol. The smallest absolute Gasteiger partial charge is 0.387 e. The Bertz CT molecular complexity index is 743. The van der Waals surface area contributed by atoms with Crippen molar-refractivity contribution in [3.63, 3.8) is 0 Å². The van der Waals surface area contributed by atoms with E-state index in [4.69, 9.17) is 11.6 Å². The molecule has 0 N–H and O–H groups in total. The second kappa shape index (κ2) is 8.30. The molecule has 2 nitrogen and oxygen atoms in total. The fourth-order valence-electron chi connectivity index (χ4n) is 3.65. The molecular formula is C20H21ClF3NO. The van der Waals surface area contributed by atoms with Gasteiger partial charge < -0.3 is 4.74 Å². The molecule has 3 rings (SSSR count). The molecule has 0 spiro atoms. The van der Waals surface area contributed by atoms with E-state index >= 15 is 0 Å². The van der Waals surface area contributed by atoms with Crippen LogP contribution in [0.5, 0.6) is 5.75 Å². The lowest BCUT2D eigenvalue weighted by atomic mass is 9.78. The normalized spacial score (nSPS) is 20.4. The Hall–Kier alpha value is -1.75. The molecule has 1 heterocycles. The summed E-state index contributed by atoms with van der Waals surface area (Å²) in [6.45, 7) is -0.916. The number of ether oxygens (including phenoxy) is 1. The molecule has 0 radical (unpaired) electrons. The molecule has 1 aliphatic carbocycles. The second-order valence-corrected chi connectivity index (χ2v) is 7.13. The minimum absolute atomic E-state index is 0.161. The van der Waals surface area contributed by atoms with Gasteiger partial charge in [-0.2, -0.15) is 8.78 Å². The first-order chi connectivity index (χ1) is 12.5. The van der Waals surface area contributed by atoms with Gasteiger partial charge in [-0.1, -0.05) is 31.0 Å². The van der Waals surface area contributed by atoms with Gasteiger partial charge in [0.25, 0.3) is 0 Å². The van der Waals surface area contributed by atoms with E-state index in [0.717, 1.165) is 24.3 Å². The zero-order valence-electron chi connectivity index (χ0n) is 14.5. The van der Waals surface area contributed by atoms with Crippen LogP contribution in [0.3, 0.4) is 0 Å². The molecule has 2 aromatic rings. The van der Waals surface area contributed by atoms with Gasteiger partial charge in [-0.15, -0.1) is 0 Å². The van der Waals surface area contributed by atoms with E-state index < -0.39 is 18.2 Å². The molecule has 1 aliphatic rings. The van der Waals surface area contributed by atoms with Gasteiger partial charge in [0.1, 0.15) is 0 Å². The van der Waals surface area contributed by atoms with Crippen molar-refractivity contribution in [2.45, 2.75) is 51.6 Å². The molecule has 140 valence electrons. The maximum absolute atomic E-state index is 14.1. The van der Waals surface area contributed by atoms with E-state index in [1.807, 2.05) is 6.07 Å². The molecule has 6 heteroatoms. The van der Waals surface area contributed by atoms with Crippen LogP contribution in [0.1, 0.15) is 50.5 Å². The van der Waals surface area contributed by atoms with Crippen molar-refractivity contribution in [1.82, 2.24) is 4.98 Å². The zero-order chi connectivity index (χ0) is 18.7. The van der Waals surface area contributed by atoms with E-state index in [1.165, 1.54) is 31.4 Å². The number of benzene rings is 1. The highest BCUT2D eigenvalue weighted by Gasteiger charge is 2.23. The number of halogens is 4. The third-order valence-corrected chi connectivity index (χ3v) is 5.51. The van der Waals surface area contributed by atoms with Gasteiger partial charge >= 0.3 is 6.61 Å². The summed E-state index contributed by atoms with van der Waals surface area (Å²) in [6.07, 6.45) is 7.68. The van der Waals surface area contributed by atoms with Gasteiger partial charge in [0.2, 0.25) is 0 Å². The number of nitrogens with zero attached hydrogens (tertiary/aromatic N) is 1. The summed E-state index contributed by atoms with van der Waals surface area (Å²) >= 11 is 5.69. The molecule has 1 aromatic carbocycles. The van der Waals surface area contributed by atoms with Crippen molar-refractivity contribution in [2.24, 2.45) is 5.92 Å². The Kier molecular flexibility index (Phi) is 6.07. The largest absolute Gasteiger partial charge is 0.431 e. The van der Waals surface area contributed by atoms with E-state index in [-0.39, 0.29) is 10.6 Å². The molecule has 1 saturated carbocycles. The Labute approximate surface area is 156 Å². The van der Waals surface area contributed by atoms with Crippen molar-refractivity contribution < 1.29 is 17.9 Å². The highest BCUT2D eigenvalue weighted by atomic mass is 35.5. The van der Waals surface area contributed by atoms with Crippen LogP contribution in [0, 0.1) is 11.7 Å². The average Bonchev–Trinajstić information content (AvgIpc) is 2.66. The quantitative estimate of drug-likeness (QED) is 0.564. The van der Waals surface area contributed by atoms with Gasteiger partial charge in [-0.25, -0.2) is 4.39 Å². The highest BCUT2D eigenvalue weighted by Crippen LogP contribution is 2.39. The molecule has 0 unspecified atom stereocenters. The minimum Gasteiger partial charge on any atom is -0.431 e. The van der Waals surface area contributed by atoms with Crippen LogP contribution in [0.25, 0.3) is 11.3 Å². The topological polar surface area (TPSA) is 22.1 Å². The standard InChI is InChI=1S/C20H21ClF3NO/c1-2-12-3-5-13(6-4-12)14-7-10-17(25-11-14)15-8-9-16(21)18(22)19(15)26-20(23)24/h7-13,20H,2-6H2,1H3. The average molecular weight is 384 g/mol. The van der Waals surface area contributed by atoms with Crippen LogP contribution in [-0.2, 0) is 0 Å². The number of alkyl halides is 2. The number of rotatable bonds is 5. The lowest BCUT2D eigenvalue weighted by molar-refractivity contribution is -0.0517. The monoisotopic (exact) mass is 383 g/mol.